The molecular formula is C23H24N4O5S. The van der Waals surface area contributed by atoms with Crippen LogP contribution in [0.2, 0.25) is 0 Å². The first-order chi connectivity index (χ1) is 15.7. The summed E-state index contributed by atoms with van der Waals surface area (Å²) in [4.78, 5) is 24.6. The molecule has 2 amide bonds. The Hall–Kier alpha value is -3.42. The average molecular weight is 469 g/mol. The van der Waals surface area contributed by atoms with E-state index in [-0.39, 0.29) is 35.7 Å². The quantitative estimate of drug-likeness (QED) is 0.710. The lowest BCUT2D eigenvalue weighted by Gasteiger charge is -2.31. The van der Waals surface area contributed by atoms with Crippen LogP contribution < -0.4 is 15.4 Å². The zero-order valence-corrected chi connectivity index (χ0v) is 19.1. The van der Waals surface area contributed by atoms with Gasteiger partial charge in [-0.2, -0.15) is 9.57 Å². The van der Waals surface area contributed by atoms with Crippen LogP contribution in [-0.2, 0) is 19.6 Å². The highest BCUT2D eigenvalue weighted by Crippen LogP contribution is 2.36. The molecule has 0 aromatic heterocycles. The van der Waals surface area contributed by atoms with Gasteiger partial charge in [0.1, 0.15) is 5.75 Å². The van der Waals surface area contributed by atoms with Crippen molar-refractivity contribution in [2.24, 2.45) is 5.92 Å². The third-order valence-electron chi connectivity index (χ3n) is 5.91. The van der Waals surface area contributed by atoms with E-state index in [4.69, 9.17) is 10.00 Å². The standard InChI is InChI=1S/C23H24N4O5S/c1-14-10-19-20(32-15(2)22(28)26-19)12-21(14)33(30,31)27-8-6-17(7-9-27)23(29)25-18-5-3-4-16(11-18)13-24/h3-5,10-12,15,17H,6-9H2,1-2H3,(H,25,29)(H,26,28)/t15-/m0/s1. The molecule has 0 bridgehead atoms. The molecule has 9 nitrogen and oxygen atoms in total. The van der Waals surface area contributed by atoms with E-state index in [1.54, 1.807) is 44.2 Å². The summed E-state index contributed by atoms with van der Waals surface area (Å²) in [6, 6.07) is 11.7. The fourth-order valence-corrected chi connectivity index (χ4v) is 5.72. The summed E-state index contributed by atoms with van der Waals surface area (Å²) in [6.07, 6.45) is 0.0616. The molecule has 1 saturated heterocycles. The largest absolute Gasteiger partial charge is 0.479 e. The van der Waals surface area contributed by atoms with Gasteiger partial charge in [-0.05, 0) is 56.5 Å². The Kier molecular flexibility index (Phi) is 6.10. The molecule has 0 radical (unpaired) electrons. The first-order valence-corrected chi connectivity index (χ1v) is 12.1. The lowest BCUT2D eigenvalue weighted by molar-refractivity contribution is -0.123. The molecule has 10 heteroatoms. The summed E-state index contributed by atoms with van der Waals surface area (Å²) in [5.41, 5.74) is 1.95. The smallest absolute Gasteiger partial charge is 0.265 e. The van der Waals surface area contributed by atoms with Gasteiger partial charge >= 0.3 is 0 Å². The third kappa shape index (κ3) is 4.55. The number of amides is 2. The molecule has 1 fully saturated rings. The summed E-state index contributed by atoms with van der Waals surface area (Å²) in [5.74, 6) is -0.478. The number of piperidine rings is 1. The molecule has 172 valence electrons. The lowest BCUT2D eigenvalue weighted by Crippen LogP contribution is -2.41. The molecule has 2 N–H and O–H groups in total. The van der Waals surface area contributed by atoms with Gasteiger partial charge in [-0.15, -0.1) is 0 Å². The molecular weight excluding hydrogens is 444 g/mol. The van der Waals surface area contributed by atoms with Crippen LogP contribution in [-0.4, -0.2) is 43.7 Å². The monoisotopic (exact) mass is 468 g/mol. The van der Waals surface area contributed by atoms with Crippen LogP contribution in [0.4, 0.5) is 11.4 Å². The van der Waals surface area contributed by atoms with Crippen molar-refractivity contribution in [3.63, 3.8) is 0 Å². The van der Waals surface area contributed by atoms with E-state index in [9.17, 15) is 18.0 Å². The van der Waals surface area contributed by atoms with Gasteiger partial charge in [-0.3, -0.25) is 9.59 Å². The van der Waals surface area contributed by atoms with Gasteiger partial charge in [-0.1, -0.05) is 6.07 Å². The van der Waals surface area contributed by atoms with E-state index in [1.807, 2.05) is 6.07 Å². The summed E-state index contributed by atoms with van der Waals surface area (Å²) in [7, 11) is -3.80. The van der Waals surface area contributed by atoms with Crippen molar-refractivity contribution in [1.29, 1.82) is 5.26 Å². The van der Waals surface area contributed by atoms with Crippen molar-refractivity contribution in [3.05, 3.63) is 47.5 Å². The first kappa shape index (κ1) is 22.8. The zero-order valence-electron chi connectivity index (χ0n) is 18.3. The van der Waals surface area contributed by atoms with E-state index in [0.29, 0.717) is 41.1 Å². The minimum Gasteiger partial charge on any atom is -0.479 e. The number of anilines is 2. The predicted molar refractivity (Wildman–Crippen MR) is 121 cm³/mol. The van der Waals surface area contributed by atoms with Crippen LogP contribution in [0.5, 0.6) is 5.75 Å². The number of fused-ring (bicyclic) bond motifs is 1. The minimum absolute atomic E-state index is 0.126. The Morgan fingerprint density at radius 3 is 2.67 bits per heavy atom. The van der Waals surface area contributed by atoms with E-state index in [0.717, 1.165) is 0 Å². The second kappa shape index (κ2) is 8.84. The Bertz CT molecular complexity index is 1260. The molecule has 2 aliphatic rings. The van der Waals surface area contributed by atoms with Gasteiger partial charge in [0.15, 0.2) is 6.10 Å². The van der Waals surface area contributed by atoms with E-state index in [2.05, 4.69) is 10.6 Å². The number of nitriles is 1. The van der Waals surface area contributed by atoms with Crippen molar-refractivity contribution in [1.82, 2.24) is 4.31 Å². The molecule has 2 aromatic carbocycles. The van der Waals surface area contributed by atoms with Gasteiger partial charge < -0.3 is 15.4 Å². The number of nitrogens with one attached hydrogen (secondary N) is 2. The summed E-state index contributed by atoms with van der Waals surface area (Å²) >= 11 is 0. The van der Waals surface area contributed by atoms with Crippen molar-refractivity contribution in [2.45, 2.75) is 37.7 Å². The SMILES string of the molecule is Cc1cc2c(cc1S(=O)(=O)N1CCC(C(=O)Nc3cccc(C#N)c3)CC1)O[C@@H](C)C(=O)N2. The van der Waals surface area contributed by atoms with Crippen LogP contribution in [0.1, 0.15) is 30.9 Å². The maximum absolute atomic E-state index is 13.3. The van der Waals surface area contributed by atoms with Crippen molar-refractivity contribution < 1.29 is 22.7 Å². The van der Waals surface area contributed by atoms with Crippen molar-refractivity contribution in [3.8, 4) is 11.8 Å². The number of nitrogens with zero attached hydrogens (tertiary/aromatic N) is 2. The molecule has 0 saturated carbocycles. The summed E-state index contributed by atoms with van der Waals surface area (Å²) in [6.45, 7) is 3.69. The number of hydrogen-bond donors (Lipinski definition) is 2. The highest BCUT2D eigenvalue weighted by atomic mass is 32.2. The van der Waals surface area contributed by atoms with Crippen LogP contribution in [0.25, 0.3) is 0 Å². The second-order valence-electron chi connectivity index (χ2n) is 8.22. The number of rotatable bonds is 4. The summed E-state index contributed by atoms with van der Waals surface area (Å²) < 4.78 is 33.6. The molecule has 4 rings (SSSR count). The highest BCUT2D eigenvalue weighted by Gasteiger charge is 2.34. The number of sulfonamides is 1. The van der Waals surface area contributed by atoms with E-state index < -0.39 is 16.1 Å². The molecule has 0 unspecified atom stereocenters. The molecule has 33 heavy (non-hydrogen) atoms. The number of hydrogen-bond acceptors (Lipinski definition) is 6. The first-order valence-electron chi connectivity index (χ1n) is 10.6. The van der Waals surface area contributed by atoms with Gasteiger partial charge in [0.2, 0.25) is 15.9 Å². The average Bonchev–Trinajstić information content (AvgIpc) is 2.80. The Morgan fingerprint density at radius 1 is 1.24 bits per heavy atom. The van der Waals surface area contributed by atoms with Gasteiger partial charge in [0.05, 0.1) is 22.2 Å². The third-order valence-corrected chi connectivity index (χ3v) is 7.95. The molecule has 2 aromatic rings. The van der Waals surface area contributed by atoms with Gasteiger partial charge in [0, 0.05) is 30.8 Å². The minimum atomic E-state index is -3.80. The predicted octanol–water partition coefficient (Wildman–Crippen LogP) is 2.63. The Balaban J connectivity index is 1.45. The number of aryl methyl sites for hydroxylation is 1. The van der Waals surface area contributed by atoms with Crippen molar-refractivity contribution >= 4 is 33.2 Å². The topological polar surface area (TPSA) is 129 Å². The molecule has 1 atom stereocenters. The Morgan fingerprint density at radius 2 is 1.97 bits per heavy atom. The zero-order chi connectivity index (χ0) is 23.8. The molecule has 2 aliphatic heterocycles. The molecule has 0 spiro atoms. The number of benzene rings is 2. The molecule has 2 heterocycles. The fraction of sp³-hybridized carbons (Fsp3) is 0.348. The Labute approximate surface area is 192 Å². The van der Waals surface area contributed by atoms with E-state index >= 15 is 0 Å². The second-order valence-corrected chi connectivity index (χ2v) is 10.1. The van der Waals surface area contributed by atoms with Crippen molar-refractivity contribution in [2.75, 3.05) is 23.7 Å². The lowest BCUT2D eigenvalue weighted by atomic mass is 9.97. The van der Waals surface area contributed by atoms with E-state index in [1.165, 1.54) is 10.4 Å². The normalized spacial score (nSPS) is 19.1. The van der Waals surface area contributed by atoms with Crippen LogP contribution in [0.3, 0.4) is 0 Å². The number of ether oxygens (including phenoxy) is 1. The summed E-state index contributed by atoms with van der Waals surface area (Å²) in [5, 5.41) is 14.5. The van der Waals surface area contributed by atoms with Gasteiger partial charge in [0.25, 0.3) is 5.91 Å². The maximum atomic E-state index is 13.3. The number of carbonyl (C=O) groups excluding carboxylic acids is 2. The number of carbonyl (C=O) groups is 2. The van der Waals surface area contributed by atoms with Crippen LogP contribution in [0, 0.1) is 24.2 Å². The van der Waals surface area contributed by atoms with Gasteiger partial charge in [-0.25, -0.2) is 8.42 Å². The van der Waals surface area contributed by atoms with Crippen LogP contribution in [0.15, 0.2) is 41.3 Å². The van der Waals surface area contributed by atoms with Crippen LogP contribution >= 0.6 is 0 Å². The highest BCUT2D eigenvalue weighted by molar-refractivity contribution is 7.89. The maximum Gasteiger partial charge on any atom is 0.265 e. The molecule has 0 aliphatic carbocycles. The fourth-order valence-electron chi connectivity index (χ4n) is 4.03.